The van der Waals surface area contributed by atoms with E-state index >= 15 is 0 Å². The number of aliphatic hydroxyl groups excluding tert-OH is 1. The van der Waals surface area contributed by atoms with Crippen LogP contribution in [-0.2, 0) is 11.3 Å². The monoisotopic (exact) mass is 246 g/mol. The van der Waals surface area contributed by atoms with Gasteiger partial charge in [0.25, 0.3) is 0 Å². The smallest absolute Gasteiger partial charge is 0.118 e. The van der Waals surface area contributed by atoms with Gasteiger partial charge in [0.05, 0.1) is 19.8 Å². The van der Waals surface area contributed by atoms with Crippen molar-refractivity contribution in [3.05, 3.63) is 42.0 Å². The fourth-order valence-electron chi connectivity index (χ4n) is 1.38. The van der Waals surface area contributed by atoms with E-state index in [1.165, 1.54) is 6.08 Å². The first-order chi connectivity index (χ1) is 8.76. The van der Waals surface area contributed by atoms with Gasteiger partial charge < -0.3 is 14.6 Å². The molecule has 18 heavy (non-hydrogen) atoms. The summed E-state index contributed by atoms with van der Waals surface area (Å²) >= 11 is 0. The minimum atomic E-state index is -0.545. The van der Waals surface area contributed by atoms with Crippen LogP contribution in [0.25, 0.3) is 0 Å². The predicted molar refractivity (Wildman–Crippen MR) is 71.2 cm³/mol. The number of benzene rings is 1. The van der Waals surface area contributed by atoms with E-state index in [1.807, 2.05) is 24.3 Å². The summed E-state index contributed by atoms with van der Waals surface area (Å²) in [6, 6.07) is 7.69. The largest absolute Gasteiger partial charge is 0.497 e. The van der Waals surface area contributed by atoms with E-state index < -0.39 is 6.10 Å². The maximum absolute atomic E-state index is 9.47. The van der Waals surface area contributed by atoms with Gasteiger partial charge in [-0.15, -0.1) is 6.42 Å². The lowest BCUT2D eigenvalue weighted by molar-refractivity contribution is 0.0883. The van der Waals surface area contributed by atoms with Crippen LogP contribution in [0.4, 0.5) is 0 Å². The lowest BCUT2D eigenvalue weighted by Crippen LogP contribution is -2.07. The van der Waals surface area contributed by atoms with Gasteiger partial charge in [0.1, 0.15) is 5.75 Å². The molecule has 3 nitrogen and oxygen atoms in total. The Bertz CT molecular complexity index is 401. The van der Waals surface area contributed by atoms with Crippen molar-refractivity contribution in [3.8, 4) is 18.1 Å². The molecule has 0 amide bonds. The molecule has 0 aliphatic rings. The molecule has 0 aromatic heterocycles. The first kappa shape index (κ1) is 14.3. The van der Waals surface area contributed by atoms with Gasteiger partial charge in [-0.3, -0.25) is 0 Å². The average molecular weight is 246 g/mol. The Hall–Kier alpha value is -1.76. The fraction of sp³-hybridized carbons (Fsp3) is 0.333. The second kappa shape index (κ2) is 8.35. The zero-order valence-electron chi connectivity index (χ0n) is 10.5. The maximum Gasteiger partial charge on any atom is 0.118 e. The van der Waals surface area contributed by atoms with E-state index in [2.05, 4.69) is 5.92 Å². The molecule has 0 heterocycles. The molecule has 96 valence electrons. The molecule has 0 saturated carbocycles. The second-order valence-electron chi connectivity index (χ2n) is 3.78. The van der Waals surface area contributed by atoms with E-state index in [0.717, 1.165) is 11.3 Å². The van der Waals surface area contributed by atoms with Gasteiger partial charge in [0, 0.05) is 13.0 Å². The van der Waals surface area contributed by atoms with Gasteiger partial charge >= 0.3 is 0 Å². The van der Waals surface area contributed by atoms with E-state index in [-0.39, 0.29) is 0 Å². The first-order valence-electron chi connectivity index (χ1n) is 5.78. The summed E-state index contributed by atoms with van der Waals surface area (Å²) < 4.78 is 10.5. The molecule has 0 bridgehead atoms. The topological polar surface area (TPSA) is 38.7 Å². The number of ether oxygens (including phenoxy) is 2. The van der Waals surface area contributed by atoms with Crippen LogP contribution in [0.3, 0.4) is 0 Å². The second-order valence-corrected chi connectivity index (χ2v) is 3.78. The number of methoxy groups -OCH3 is 1. The molecular formula is C15H18O3. The molecule has 0 aliphatic heterocycles. The molecule has 1 atom stereocenters. The summed E-state index contributed by atoms with van der Waals surface area (Å²) in [7, 11) is 1.64. The molecule has 0 radical (unpaired) electrons. The Kier molecular flexibility index (Phi) is 6.63. The Balaban J connectivity index is 2.21. The SMILES string of the molecule is C#C/C=C/[C@@H](O)CCOCc1ccc(OC)cc1. The van der Waals surface area contributed by atoms with Crippen molar-refractivity contribution in [2.45, 2.75) is 19.1 Å². The lowest BCUT2D eigenvalue weighted by Gasteiger charge is -2.07. The van der Waals surface area contributed by atoms with Crippen molar-refractivity contribution in [1.29, 1.82) is 0 Å². The zero-order chi connectivity index (χ0) is 13.2. The van der Waals surface area contributed by atoms with Crippen LogP contribution in [-0.4, -0.2) is 24.9 Å². The van der Waals surface area contributed by atoms with Gasteiger partial charge in [0.15, 0.2) is 0 Å². The van der Waals surface area contributed by atoms with E-state index in [1.54, 1.807) is 13.2 Å². The molecule has 0 unspecified atom stereocenters. The highest BCUT2D eigenvalue weighted by Crippen LogP contribution is 2.12. The Morgan fingerprint density at radius 1 is 1.39 bits per heavy atom. The summed E-state index contributed by atoms with van der Waals surface area (Å²) in [5.74, 6) is 3.16. The third-order valence-corrected chi connectivity index (χ3v) is 2.40. The summed E-state index contributed by atoms with van der Waals surface area (Å²) in [4.78, 5) is 0. The quantitative estimate of drug-likeness (QED) is 0.592. The molecule has 1 aromatic carbocycles. The third kappa shape index (κ3) is 5.53. The molecule has 0 spiro atoms. The van der Waals surface area contributed by atoms with Crippen molar-refractivity contribution in [3.63, 3.8) is 0 Å². The molecule has 0 aliphatic carbocycles. The van der Waals surface area contributed by atoms with Gasteiger partial charge in [-0.1, -0.05) is 18.1 Å². The van der Waals surface area contributed by atoms with Crippen molar-refractivity contribution in [2.75, 3.05) is 13.7 Å². The number of aliphatic hydroxyl groups is 1. The Morgan fingerprint density at radius 3 is 2.72 bits per heavy atom. The standard InChI is InChI=1S/C15H18O3/c1-3-4-5-14(16)10-11-18-12-13-6-8-15(17-2)9-7-13/h1,4-9,14,16H,10-12H2,2H3/b5-4+/t14-/m1/s1. The number of allylic oxidation sites excluding steroid dienone is 1. The van der Waals surface area contributed by atoms with Gasteiger partial charge in [-0.25, -0.2) is 0 Å². The van der Waals surface area contributed by atoms with Gasteiger partial charge in [0.2, 0.25) is 0 Å². The molecular weight excluding hydrogens is 228 g/mol. The summed E-state index contributed by atoms with van der Waals surface area (Å²) in [5.41, 5.74) is 1.07. The van der Waals surface area contributed by atoms with Crippen molar-refractivity contribution in [2.24, 2.45) is 0 Å². The summed E-state index contributed by atoms with van der Waals surface area (Å²) in [5, 5.41) is 9.47. The van der Waals surface area contributed by atoms with Crippen molar-refractivity contribution in [1.82, 2.24) is 0 Å². The molecule has 3 heteroatoms. The van der Waals surface area contributed by atoms with Gasteiger partial charge in [-0.2, -0.15) is 0 Å². The van der Waals surface area contributed by atoms with E-state index in [0.29, 0.717) is 19.6 Å². The minimum Gasteiger partial charge on any atom is -0.497 e. The number of hydrogen-bond donors (Lipinski definition) is 1. The van der Waals surface area contributed by atoms with Crippen LogP contribution < -0.4 is 4.74 Å². The number of rotatable bonds is 7. The normalized spacial score (nSPS) is 12.3. The molecule has 1 aromatic rings. The molecule has 1 rings (SSSR count). The van der Waals surface area contributed by atoms with Gasteiger partial charge in [-0.05, 0) is 29.8 Å². The Labute approximate surface area is 108 Å². The van der Waals surface area contributed by atoms with E-state index in [9.17, 15) is 5.11 Å². The van der Waals surface area contributed by atoms with Crippen LogP contribution in [0.2, 0.25) is 0 Å². The Morgan fingerprint density at radius 2 is 2.11 bits per heavy atom. The lowest BCUT2D eigenvalue weighted by atomic mass is 10.2. The summed E-state index contributed by atoms with van der Waals surface area (Å²) in [6.45, 7) is 1.01. The first-order valence-corrected chi connectivity index (χ1v) is 5.78. The van der Waals surface area contributed by atoms with Crippen LogP contribution in [0.5, 0.6) is 5.75 Å². The minimum absolute atomic E-state index is 0.488. The van der Waals surface area contributed by atoms with E-state index in [4.69, 9.17) is 15.9 Å². The number of terminal acetylenes is 1. The number of hydrogen-bond acceptors (Lipinski definition) is 3. The molecule has 0 fully saturated rings. The highest BCUT2D eigenvalue weighted by Gasteiger charge is 1.99. The van der Waals surface area contributed by atoms with Crippen LogP contribution in [0.1, 0.15) is 12.0 Å². The zero-order valence-corrected chi connectivity index (χ0v) is 10.5. The fourth-order valence-corrected chi connectivity index (χ4v) is 1.38. The summed E-state index contributed by atoms with van der Waals surface area (Å²) in [6.07, 6.45) is 8.11. The highest BCUT2D eigenvalue weighted by molar-refractivity contribution is 5.26. The third-order valence-electron chi connectivity index (χ3n) is 2.40. The highest BCUT2D eigenvalue weighted by atomic mass is 16.5. The van der Waals surface area contributed by atoms with Crippen molar-refractivity contribution < 1.29 is 14.6 Å². The van der Waals surface area contributed by atoms with Crippen LogP contribution in [0.15, 0.2) is 36.4 Å². The van der Waals surface area contributed by atoms with Crippen molar-refractivity contribution >= 4 is 0 Å². The predicted octanol–water partition coefficient (Wildman–Crippen LogP) is 2.15. The molecule has 1 N–H and O–H groups in total. The maximum atomic E-state index is 9.47. The van der Waals surface area contributed by atoms with Crippen LogP contribution >= 0.6 is 0 Å². The van der Waals surface area contributed by atoms with Crippen LogP contribution in [0, 0.1) is 12.3 Å². The molecule has 0 saturated heterocycles. The average Bonchev–Trinajstić information content (AvgIpc) is 2.42.